The Morgan fingerprint density at radius 3 is 2.35 bits per heavy atom. The van der Waals surface area contributed by atoms with E-state index in [2.05, 4.69) is 37.9 Å². The Kier molecular flexibility index (Phi) is 5.96. The zero-order valence-corrected chi connectivity index (χ0v) is 11.8. The van der Waals surface area contributed by atoms with E-state index in [9.17, 15) is 4.79 Å². The molecule has 0 radical (unpaired) electrons. The zero-order valence-electron chi connectivity index (χ0n) is 11.8. The van der Waals surface area contributed by atoms with E-state index >= 15 is 0 Å². The molecule has 0 aromatic carbocycles. The van der Waals surface area contributed by atoms with Crippen molar-refractivity contribution in [2.75, 3.05) is 19.6 Å². The van der Waals surface area contributed by atoms with Crippen LogP contribution in [0.15, 0.2) is 0 Å². The second-order valence-corrected chi connectivity index (χ2v) is 6.08. The molecule has 0 heterocycles. The van der Waals surface area contributed by atoms with Gasteiger partial charge >= 0.3 is 0 Å². The smallest absolute Gasteiger partial charge is 0.234 e. The van der Waals surface area contributed by atoms with Crippen LogP contribution in [0.25, 0.3) is 0 Å². The first kappa shape index (κ1) is 14.5. The molecule has 1 aliphatic carbocycles. The molecule has 0 aromatic heterocycles. The molecule has 0 saturated heterocycles. The summed E-state index contributed by atoms with van der Waals surface area (Å²) in [6, 6.07) is 0.679. The molecule has 17 heavy (non-hydrogen) atoms. The third-order valence-electron chi connectivity index (χ3n) is 3.11. The Labute approximate surface area is 106 Å². The number of nitrogens with one attached hydrogen (secondary N) is 1. The second kappa shape index (κ2) is 7.00. The Balaban J connectivity index is 2.25. The van der Waals surface area contributed by atoms with E-state index in [-0.39, 0.29) is 5.91 Å². The maximum Gasteiger partial charge on any atom is 0.234 e. The number of amides is 1. The van der Waals surface area contributed by atoms with Crippen LogP contribution in [0.1, 0.15) is 47.0 Å². The molecule has 0 bridgehead atoms. The van der Waals surface area contributed by atoms with Crippen LogP contribution in [0.2, 0.25) is 0 Å². The number of nitrogens with zero attached hydrogens (tertiary/aromatic N) is 1. The molecular weight excluding hydrogens is 212 g/mol. The lowest BCUT2D eigenvalue weighted by atomic mass is 10.1. The van der Waals surface area contributed by atoms with Crippen LogP contribution in [-0.2, 0) is 4.79 Å². The highest BCUT2D eigenvalue weighted by Crippen LogP contribution is 2.27. The van der Waals surface area contributed by atoms with Gasteiger partial charge in [-0.3, -0.25) is 9.69 Å². The van der Waals surface area contributed by atoms with Crippen molar-refractivity contribution in [1.82, 2.24) is 10.2 Å². The Morgan fingerprint density at radius 1 is 1.24 bits per heavy atom. The average Bonchev–Trinajstić information content (AvgIpc) is 3.04. The van der Waals surface area contributed by atoms with Crippen LogP contribution in [0.5, 0.6) is 0 Å². The van der Waals surface area contributed by atoms with E-state index in [0.29, 0.717) is 18.5 Å². The lowest BCUT2D eigenvalue weighted by Gasteiger charge is -2.22. The van der Waals surface area contributed by atoms with Crippen molar-refractivity contribution in [1.29, 1.82) is 0 Å². The third kappa shape index (κ3) is 6.67. The monoisotopic (exact) mass is 240 g/mol. The van der Waals surface area contributed by atoms with Crippen molar-refractivity contribution < 1.29 is 4.79 Å². The van der Waals surface area contributed by atoms with Gasteiger partial charge in [-0.2, -0.15) is 0 Å². The van der Waals surface area contributed by atoms with E-state index in [1.807, 2.05) is 0 Å². The Morgan fingerprint density at radius 2 is 1.88 bits per heavy atom. The summed E-state index contributed by atoms with van der Waals surface area (Å²) in [6.45, 7) is 11.2. The number of rotatable bonds is 8. The van der Waals surface area contributed by atoms with Gasteiger partial charge in [-0.15, -0.1) is 0 Å². The van der Waals surface area contributed by atoms with E-state index in [1.54, 1.807) is 0 Å². The van der Waals surface area contributed by atoms with Crippen LogP contribution >= 0.6 is 0 Å². The largest absolute Gasteiger partial charge is 0.355 e. The van der Waals surface area contributed by atoms with E-state index in [1.165, 1.54) is 19.3 Å². The summed E-state index contributed by atoms with van der Waals surface area (Å²) in [5, 5.41) is 3.00. The maximum absolute atomic E-state index is 11.8. The fourth-order valence-corrected chi connectivity index (χ4v) is 1.81. The lowest BCUT2D eigenvalue weighted by Crippen LogP contribution is -2.40. The van der Waals surface area contributed by atoms with Gasteiger partial charge in [0.1, 0.15) is 0 Å². The Bertz CT molecular complexity index is 234. The summed E-state index contributed by atoms with van der Waals surface area (Å²) < 4.78 is 0. The molecule has 0 aliphatic heterocycles. The van der Waals surface area contributed by atoms with Gasteiger partial charge in [0.05, 0.1) is 6.54 Å². The van der Waals surface area contributed by atoms with Gasteiger partial charge in [0.15, 0.2) is 0 Å². The molecule has 3 nitrogen and oxygen atoms in total. The highest BCUT2D eigenvalue weighted by atomic mass is 16.2. The summed E-state index contributed by atoms with van der Waals surface area (Å²) in [4.78, 5) is 14.1. The van der Waals surface area contributed by atoms with Crippen LogP contribution in [0.4, 0.5) is 0 Å². The summed E-state index contributed by atoms with van der Waals surface area (Å²) in [6.07, 6.45) is 3.74. The minimum atomic E-state index is 0.189. The quantitative estimate of drug-likeness (QED) is 0.706. The topological polar surface area (TPSA) is 32.3 Å². The van der Waals surface area contributed by atoms with Crippen LogP contribution < -0.4 is 5.32 Å². The van der Waals surface area contributed by atoms with Crippen molar-refractivity contribution in [2.24, 2.45) is 11.8 Å². The van der Waals surface area contributed by atoms with Crippen LogP contribution in [0.3, 0.4) is 0 Å². The number of hydrogen-bond acceptors (Lipinski definition) is 2. The molecule has 100 valence electrons. The molecule has 0 spiro atoms. The van der Waals surface area contributed by atoms with Gasteiger partial charge in [0.2, 0.25) is 5.91 Å². The molecule has 1 aliphatic rings. The maximum atomic E-state index is 11.8. The predicted octanol–water partition coefficient (Wildman–Crippen LogP) is 2.27. The first-order valence-corrected chi connectivity index (χ1v) is 6.99. The fourth-order valence-electron chi connectivity index (χ4n) is 1.81. The minimum absolute atomic E-state index is 0.189. The molecule has 1 rings (SSSR count). The predicted molar refractivity (Wildman–Crippen MR) is 71.9 cm³/mol. The summed E-state index contributed by atoms with van der Waals surface area (Å²) in [7, 11) is 0. The number of carbonyl (C=O) groups is 1. The summed E-state index contributed by atoms with van der Waals surface area (Å²) >= 11 is 0. The first-order chi connectivity index (χ1) is 7.99. The van der Waals surface area contributed by atoms with Gasteiger partial charge in [-0.1, -0.05) is 27.7 Å². The van der Waals surface area contributed by atoms with Crippen molar-refractivity contribution >= 4 is 5.91 Å². The summed E-state index contributed by atoms with van der Waals surface area (Å²) in [5.74, 6) is 1.44. The van der Waals surface area contributed by atoms with E-state index < -0.39 is 0 Å². The number of carbonyl (C=O) groups excluding carboxylic acids is 1. The third-order valence-corrected chi connectivity index (χ3v) is 3.11. The molecule has 1 saturated carbocycles. The molecule has 3 heteroatoms. The summed E-state index contributed by atoms with van der Waals surface area (Å²) in [5.41, 5.74) is 0. The molecule has 0 atom stereocenters. The molecular formula is C14H28N2O. The Hall–Kier alpha value is -0.570. The molecule has 1 N–H and O–H groups in total. The zero-order chi connectivity index (χ0) is 12.8. The van der Waals surface area contributed by atoms with E-state index in [4.69, 9.17) is 0 Å². The molecule has 0 aromatic rings. The van der Waals surface area contributed by atoms with Crippen LogP contribution in [0, 0.1) is 11.8 Å². The lowest BCUT2D eigenvalue weighted by molar-refractivity contribution is -0.122. The van der Waals surface area contributed by atoms with Gasteiger partial charge < -0.3 is 5.32 Å². The van der Waals surface area contributed by atoms with Crippen molar-refractivity contribution in [2.45, 2.75) is 53.0 Å². The van der Waals surface area contributed by atoms with Gasteiger partial charge in [0.25, 0.3) is 0 Å². The molecule has 1 amide bonds. The van der Waals surface area contributed by atoms with Crippen molar-refractivity contribution in [3.05, 3.63) is 0 Å². The SMILES string of the molecule is CC(C)CCN(CC(=O)NCC(C)C)C1CC1. The molecule has 1 fully saturated rings. The average molecular weight is 240 g/mol. The van der Waals surface area contributed by atoms with Crippen LogP contribution in [-0.4, -0.2) is 36.5 Å². The normalized spacial score (nSPS) is 15.9. The van der Waals surface area contributed by atoms with Gasteiger partial charge in [-0.25, -0.2) is 0 Å². The number of hydrogen-bond donors (Lipinski definition) is 1. The minimum Gasteiger partial charge on any atom is -0.355 e. The first-order valence-electron chi connectivity index (χ1n) is 6.99. The highest BCUT2D eigenvalue weighted by Gasteiger charge is 2.29. The fraction of sp³-hybridized carbons (Fsp3) is 0.929. The van der Waals surface area contributed by atoms with E-state index in [0.717, 1.165) is 19.0 Å². The van der Waals surface area contributed by atoms with Crippen molar-refractivity contribution in [3.8, 4) is 0 Å². The standard InChI is InChI=1S/C14H28N2O/c1-11(2)7-8-16(13-5-6-13)10-14(17)15-9-12(3)4/h11-13H,5-10H2,1-4H3,(H,15,17). The van der Waals surface area contributed by atoms with Gasteiger partial charge in [0, 0.05) is 12.6 Å². The highest BCUT2D eigenvalue weighted by molar-refractivity contribution is 5.78. The van der Waals surface area contributed by atoms with Crippen molar-refractivity contribution in [3.63, 3.8) is 0 Å². The molecule has 0 unspecified atom stereocenters. The second-order valence-electron chi connectivity index (χ2n) is 6.08. The van der Waals surface area contributed by atoms with Gasteiger partial charge in [-0.05, 0) is 37.6 Å².